The number of imidazole rings is 1. The summed E-state index contributed by atoms with van der Waals surface area (Å²) in [5.41, 5.74) is 6.48. The van der Waals surface area contributed by atoms with Gasteiger partial charge in [0.05, 0.1) is 22.9 Å². The molecule has 7 rings (SSSR count). The van der Waals surface area contributed by atoms with Crippen LogP contribution >= 0.6 is 0 Å². The summed E-state index contributed by atoms with van der Waals surface area (Å²) in [5.74, 6) is 0.734. The monoisotopic (exact) mass is 590 g/mol. The first kappa shape index (κ1) is 27.7. The fraction of sp³-hybridized carbons (Fsp3) is 0.242. The van der Waals surface area contributed by atoms with Crippen molar-refractivity contribution in [1.29, 1.82) is 0 Å². The van der Waals surface area contributed by atoms with Gasteiger partial charge in [0, 0.05) is 47.4 Å². The third kappa shape index (κ3) is 5.49. The van der Waals surface area contributed by atoms with Gasteiger partial charge in [-0.2, -0.15) is 5.10 Å². The number of aromatic amines is 2. The van der Waals surface area contributed by atoms with Gasteiger partial charge in [-0.15, -0.1) is 0 Å². The van der Waals surface area contributed by atoms with Crippen molar-refractivity contribution in [2.75, 3.05) is 32.6 Å². The second-order valence-corrected chi connectivity index (χ2v) is 11.4. The molecule has 1 saturated carbocycles. The normalized spacial score (nSPS) is 13.5. The average molecular weight is 591 g/mol. The predicted octanol–water partition coefficient (Wildman–Crippen LogP) is 6.05. The zero-order chi connectivity index (χ0) is 30.2. The Kier molecular flexibility index (Phi) is 7.23. The van der Waals surface area contributed by atoms with Gasteiger partial charge in [0.1, 0.15) is 23.9 Å². The predicted molar refractivity (Wildman–Crippen MR) is 168 cm³/mol. The molecular formula is C33H31FN8O2. The number of nitrogens with zero attached hydrogens (tertiary/aromatic N) is 5. The number of benzene rings is 2. The molecule has 1 aliphatic rings. The highest BCUT2D eigenvalue weighted by Gasteiger charge is 2.25. The Balaban J connectivity index is 1.21. The maximum Gasteiger partial charge on any atom is 0.227 e. The molecule has 1 amide bonds. The van der Waals surface area contributed by atoms with Crippen LogP contribution in [-0.2, 0) is 4.79 Å². The number of ether oxygens (including phenoxy) is 1. The average Bonchev–Trinajstić information content (AvgIpc) is 3.59. The van der Waals surface area contributed by atoms with Crippen molar-refractivity contribution < 1.29 is 13.9 Å². The van der Waals surface area contributed by atoms with Crippen LogP contribution in [0.25, 0.3) is 55.8 Å². The van der Waals surface area contributed by atoms with E-state index in [0.29, 0.717) is 52.8 Å². The Morgan fingerprint density at radius 1 is 1.07 bits per heavy atom. The molecule has 222 valence electrons. The standard InChI is InChI=1S/C33H31FN8O2/c1-42(2)10-11-44-25-14-21(12-23(34)16-25)26-8-9-36-31-29(26)38-32(39-31)30-27-15-20(6-7-28(27)40-41-30)22-13-24(18-35-17-22)37-33(43)19-4-3-5-19/h6-9,12-19H,3-5,10-11H2,1-2H3,(H,37,43)(H,40,41)(H,36,38,39). The number of rotatable bonds is 9. The zero-order valence-electron chi connectivity index (χ0n) is 24.4. The highest BCUT2D eigenvalue weighted by molar-refractivity contribution is 5.98. The second-order valence-electron chi connectivity index (χ2n) is 11.4. The van der Waals surface area contributed by atoms with Gasteiger partial charge in [-0.25, -0.2) is 14.4 Å². The van der Waals surface area contributed by atoms with Crippen molar-refractivity contribution in [3.05, 3.63) is 72.9 Å². The maximum absolute atomic E-state index is 14.7. The number of hydrogen-bond acceptors (Lipinski definition) is 7. The molecule has 1 fully saturated rings. The van der Waals surface area contributed by atoms with E-state index in [1.54, 1.807) is 18.6 Å². The van der Waals surface area contributed by atoms with Gasteiger partial charge in [0.25, 0.3) is 0 Å². The number of nitrogens with one attached hydrogen (secondary N) is 3. The van der Waals surface area contributed by atoms with Gasteiger partial charge in [-0.3, -0.25) is 14.9 Å². The van der Waals surface area contributed by atoms with E-state index in [2.05, 4.69) is 30.5 Å². The summed E-state index contributed by atoms with van der Waals surface area (Å²) in [7, 11) is 3.92. The zero-order valence-corrected chi connectivity index (χ0v) is 24.4. The molecule has 0 atom stereocenters. The number of likely N-dealkylation sites (N-methyl/N-ethyl adjacent to an activating group) is 1. The Morgan fingerprint density at radius 2 is 1.95 bits per heavy atom. The summed E-state index contributed by atoms with van der Waals surface area (Å²) in [4.78, 5) is 31.4. The van der Waals surface area contributed by atoms with Crippen molar-refractivity contribution >= 4 is 33.7 Å². The summed E-state index contributed by atoms with van der Waals surface area (Å²) >= 11 is 0. The van der Waals surface area contributed by atoms with Gasteiger partial charge < -0.3 is 19.9 Å². The lowest BCUT2D eigenvalue weighted by Crippen LogP contribution is -2.28. The minimum Gasteiger partial charge on any atom is -0.492 e. The number of carbonyl (C=O) groups excluding carboxylic acids is 1. The third-order valence-electron chi connectivity index (χ3n) is 7.98. The molecule has 6 aromatic rings. The van der Waals surface area contributed by atoms with Gasteiger partial charge in [-0.05, 0) is 74.5 Å². The molecule has 0 unspecified atom stereocenters. The van der Waals surface area contributed by atoms with Crippen molar-refractivity contribution in [2.45, 2.75) is 19.3 Å². The molecule has 0 bridgehead atoms. The summed E-state index contributed by atoms with van der Waals surface area (Å²) in [6.07, 6.45) is 8.07. The van der Waals surface area contributed by atoms with Crippen LogP contribution in [0.4, 0.5) is 10.1 Å². The third-order valence-corrected chi connectivity index (χ3v) is 7.98. The number of pyridine rings is 2. The number of fused-ring (bicyclic) bond motifs is 2. The van der Waals surface area contributed by atoms with Crippen molar-refractivity contribution in [1.82, 2.24) is 35.0 Å². The molecule has 1 aliphatic carbocycles. The number of carbonyl (C=O) groups is 1. The van der Waals surface area contributed by atoms with E-state index in [0.717, 1.165) is 46.9 Å². The van der Waals surface area contributed by atoms with Gasteiger partial charge in [0.2, 0.25) is 5.91 Å². The van der Waals surface area contributed by atoms with Crippen LogP contribution in [0.3, 0.4) is 0 Å². The Hall–Kier alpha value is -5.16. The first-order chi connectivity index (χ1) is 21.4. The lowest BCUT2D eigenvalue weighted by atomic mass is 9.85. The smallest absolute Gasteiger partial charge is 0.227 e. The van der Waals surface area contributed by atoms with Crippen molar-refractivity contribution in [2.24, 2.45) is 5.92 Å². The quantitative estimate of drug-likeness (QED) is 0.187. The lowest BCUT2D eigenvalue weighted by Gasteiger charge is -2.24. The van der Waals surface area contributed by atoms with E-state index in [1.807, 2.05) is 55.4 Å². The maximum atomic E-state index is 14.7. The number of hydrogen-bond donors (Lipinski definition) is 3. The summed E-state index contributed by atoms with van der Waals surface area (Å²) in [6, 6.07) is 14.4. The molecule has 44 heavy (non-hydrogen) atoms. The molecular weight excluding hydrogens is 559 g/mol. The molecule has 0 radical (unpaired) electrons. The van der Waals surface area contributed by atoms with Crippen LogP contribution in [0.15, 0.2) is 67.1 Å². The summed E-state index contributed by atoms with van der Waals surface area (Å²) in [6.45, 7) is 1.16. The Labute approximate surface area is 252 Å². The lowest BCUT2D eigenvalue weighted by molar-refractivity contribution is -0.122. The molecule has 0 spiro atoms. The Bertz CT molecular complexity index is 2000. The van der Waals surface area contributed by atoms with Crippen LogP contribution in [0.5, 0.6) is 5.75 Å². The topological polar surface area (TPSA) is 125 Å². The molecule has 2 aromatic carbocycles. The van der Waals surface area contributed by atoms with Crippen molar-refractivity contribution in [3.8, 4) is 39.5 Å². The first-order valence-corrected chi connectivity index (χ1v) is 14.6. The molecule has 0 aliphatic heterocycles. The Morgan fingerprint density at radius 3 is 2.77 bits per heavy atom. The molecule has 11 heteroatoms. The van der Waals surface area contributed by atoms with E-state index in [9.17, 15) is 9.18 Å². The number of halogens is 1. The highest BCUT2D eigenvalue weighted by Crippen LogP contribution is 2.34. The molecule has 10 nitrogen and oxygen atoms in total. The molecule has 4 heterocycles. The van der Waals surface area contributed by atoms with Gasteiger partial charge >= 0.3 is 0 Å². The van der Waals surface area contributed by atoms with Crippen LogP contribution in [0.2, 0.25) is 0 Å². The van der Waals surface area contributed by atoms with Crippen LogP contribution in [-0.4, -0.2) is 68.2 Å². The fourth-order valence-corrected chi connectivity index (χ4v) is 5.37. The fourth-order valence-electron chi connectivity index (χ4n) is 5.37. The van der Waals surface area contributed by atoms with Crippen LogP contribution < -0.4 is 10.1 Å². The second kappa shape index (κ2) is 11.5. The number of aromatic nitrogens is 6. The molecule has 4 aromatic heterocycles. The van der Waals surface area contributed by atoms with E-state index in [4.69, 9.17) is 9.72 Å². The van der Waals surface area contributed by atoms with Gasteiger partial charge in [0.15, 0.2) is 11.5 Å². The van der Waals surface area contributed by atoms with Crippen molar-refractivity contribution in [3.63, 3.8) is 0 Å². The van der Waals surface area contributed by atoms with Gasteiger partial charge in [-0.1, -0.05) is 12.5 Å². The van der Waals surface area contributed by atoms with E-state index in [-0.39, 0.29) is 17.6 Å². The van der Waals surface area contributed by atoms with Crippen LogP contribution in [0, 0.1) is 11.7 Å². The van der Waals surface area contributed by atoms with Crippen LogP contribution in [0.1, 0.15) is 19.3 Å². The largest absolute Gasteiger partial charge is 0.492 e. The number of anilines is 1. The summed E-state index contributed by atoms with van der Waals surface area (Å²) < 4.78 is 20.5. The van der Waals surface area contributed by atoms with E-state index >= 15 is 0 Å². The number of H-pyrrole nitrogens is 2. The number of amides is 1. The SMILES string of the molecule is CN(C)CCOc1cc(F)cc(-c2ccnc3nc(-c4n[nH]c5ccc(-c6cncc(NC(=O)C7CCC7)c6)cc45)[nH]c23)c1. The minimum atomic E-state index is -0.390. The highest BCUT2D eigenvalue weighted by atomic mass is 19.1. The van der Waals surface area contributed by atoms with E-state index in [1.165, 1.54) is 12.1 Å². The summed E-state index contributed by atoms with van der Waals surface area (Å²) in [5, 5.41) is 11.5. The van der Waals surface area contributed by atoms with E-state index < -0.39 is 0 Å². The molecule has 0 saturated heterocycles. The minimum absolute atomic E-state index is 0.0481. The molecule has 3 N–H and O–H groups in total. The first-order valence-electron chi connectivity index (χ1n) is 14.6.